The highest BCUT2D eigenvalue weighted by Crippen LogP contribution is 2.29. The topological polar surface area (TPSA) is 65.0 Å². The zero-order valence-corrected chi connectivity index (χ0v) is 17.5. The number of hydrogen-bond acceptors (Lipinski definition) is 4. The number of halogens is 3. The van der Waals surface area contributed by atoms with Gasteiger partial charge in [-0.1, -0.05) is 12.1 Å². The molecule has 1 aliphatic heterocycles. The highest BCUT2D eigenvalue weighted by molar-refractivity contribution is 7.99. The third-order valence-electron chi connectivity index (χ3n) is 4.28. The maximum absolute atomic E-state index is 12.6. The first kappa shape index (κ1) is 22.8. The smallest absolute Gasteiger partial charge is 0.355 e. The molecule has 6 nitrogen and oxygen atoms in total. The van der Waals surface area contributed by atoms with E-state index in [1.165, 1.54) is 16.4 Å². The van der Waals surface area contributed by atoms with Gasteiger partial charge in [-0.05, 0) is 17.7 Å². The van der Waals surface area contributed by atoms with Gasteiger partial charge < -0.3 is 10.2 Å². The minimum absolute atomic E-state index is 0.0369. The van der Waals surface area contributed by atoms with E-state index in [1.54, 1.807) is 30.8 Å². The highest BCUT2D eigenvalue weighted by Gasteiger charge is 2.30. The molecule has 0 atom stereocenters. The van der Waals surface area contributed by atoms with E-state index >= 15 is 0 Å². The van der Waals surface area contributed by atoms with Crippen LogP contribution in [0.25, 0.3) is 0 Å². The molecule has 0 aromatic heterocycles. The molecule has 0 bridgehead atoms. The lowest BCUT2D eigenvalue weighted by atomic mass is 10.1. The predicted molar refractivity (Wildman–Crippen MR) is 107 cm³/mol. The average molecular weight is 439 g/mol. The van der Waals surface area contributed by atoms with Crippen molar-refractivity contribution < 1.29 is 21.6 Å². The first-order valence-electron chi connectivity index (χ1n) is 8.77. The fourth-order valence-corrected chi connectivity index (χ4v) is 5.27. The third kappa shape index (κ3) is 6.56. The largest absolute Gasteiger partial charge is 0.416 e. The van der Waals surface area contributed by atoms with Crippen LogP contribution in [0.4, 0.5) is 13.2 Å². The van der Waals surface area contributed by atoms with Gasteiger partial charge in [0.25, 0.3) is 0 Å². The summed E-state index contributed by atoms with van der Waals surface area (Å²) in [6.07, 6.45) is -4.36. The molecule has 1 aliphatic rings. The Kier molecular flexibility index (Phi) is 8.02. The number of thioether (sulfide) groups is 1. The Hall–Kier alpha value is -1.46. The molecule has 0 radical (unpaired) electrons. The van der Waals surface area contributed by atoms with Crippen LogP contribution < -0.4 is 5.32 Å². The molecule has 0 amide bonds. The summed E-state index contributed by atoms with van der Waals surface area (Å²) < 4.78 is 64.2. The molecule has 1 N–H and O–H groups in total. The van der Waals surface area contributed by atoms with Crippen molar-refractivity contribution >= 4 is 27.7 Å². The van der Waals surface area contributed by atoms with E-state index in [-0.39, 0.29) is 12.3 Å². The molecular weight excluding hydrogens is 413 g/mol. The van der Waals surface area contributed by atoms with Gasteiger partial charge in [-0.15, -0.1) is 0 Å². The van der Waals surface area contributed by atoms with Crippen molar-refractivity contribution in [3.63, 3.8) is 0 Å². The van der Waals surface area contributed by atoms with Crippen LogP contribution in [0.2, 0.25) is 0 Å². The Labute approximate surface area is 168 Å². The zero-order valence-electron chi connectivity index (χ0n) is 15.9. The van der Waals surface area contributed by atoms with Gasteiger partial charge >= 0.3 is 6.18 Å². The van der Waals surface area contributed by atoms with E-state index in [0.717, 1.165) is 23.6 Å². The zero-order chi connectivity index (χ0) is 20.8. The monoisotopic (exact) mass is 438 g/mol. The molecule has 1 saturated heterocycles. The van der Waals surface area contributed by atoms with Gasteiger partial charge in [-0.25, -0.2) is 12.7 Å². The van der Waals surface area contributed by atoms with Crippen molar-refractivity contribution in [2.75, 3.05) is 51.0 Å². The van der Waals surface area contributed by atoms with E-state index in [2.05, 4.69) is 10.3 Å². The minimum atomic E-state index is -4.36. The lowest BCUT2D eigenvalue weighted by molar-refractivity contribution is -0.137. The van der Waals surface area contributed by atoms with Crippen molar-refractivity contribution in [3.05, 3.63) is 35.4 Å². The molecule has 0 saturated carbocycles. The van der Waals surface area contributed by atoms with Crippen LogP contribution in [0, 0.1) is 0 Å². The normalized spacial score (nSPS) is 16.8. The number of nitrogens with zero attached hydrogens (tertiary/aromatic N) is 3. The molecule has 158 valence electrons. The van der Waals surface area contributed by atoms with Crippen LogP contribution in [0.5, 0.6) is 0 Å². The van der Waals surface area contributed by atoms with Gasteiger partial charge in [0.05, 0.1) is 11.3 Å². The first-order valence-corrected chi connectivity index (χ1v) is 11.5. The molecule has 1 aromatic carbocycles. The highest BCUT2D eigenvalue weighted by atomic mass is 32.2. The fraction of sp³-hybridized carbons (Fsp3) is 0.588. The van der Waals surface area contributed by atoms with E-state index in [9.17, 15) is 21.6 Å². The lowest BCUT2D eigenvalue weighted by Crippen LogP contribution is -2.44. The first-order chi connectivity index (χ1) is 13.1. The number of rotatable bonds is 6. The van der Waals surface area contributed by atoms with Crippen LogP contribution in [0.15, 0.2) is 29.3 Å². The maximum Gasteiger partial charge on any atom is 0.416 e. The summed E-state index contributed by atoms with van der Waals surface area (Å²) in [7, 11) is -0.00231. The van der Waals surface area contributed by atoms with Crippen LogP contribution in [0.1, 0.15) is 11.1 Å². The van der Waals surface area contributed by atoms with E-state index in [1.807, 2.05) is 0 Å². The molecule has 0 unspecified atom stereocenters. The maximum atomic E-state index is 12.6. The lowest BCUT2D eigenvalue weighted by Gasteiger charge is -2.26. The molecule has 28 heavy (non-hydrogen) atoms. The van der Waals surface area contributed by atoms with E-state index < -0.39 is 21.8 Å². The molecule has 1 aromatic rings. The van der Waals surface area contributed by atoms with Crippen molar-refractivity contribution in [2.45, 2.75) is 12.7 Å². The third-order valence-corrected chi connectivity index (χ3v) is 7.10. The van der Waals surface area contributed by atoms with Crippen molar-refractivity contribution in [2.24, 2.45) is 4.99 Å². The van der Waals surface area contributed by atoms with Gasteiger partial charge in [-0.2, -0.15) is 24.9 Å². The molecule has 2 rings (SSSR count). The quantitative estimate of drug-likeness (QED) is 0.544. The van der Waals surface area contributed by atoms with Gasteiger partial charge in [-0.3, -0.25) is 4.99 Å². The van der Waals surface area contributed by atoms with Crippen molar-refractivity contribution in [1.29, 1.82) is 0 Å². The fourth-order valence-electron chi connectivity index (χ4n) is 2.78. The molecule has 1 heterocycles. The number of nitrogens with one attached hydrogen (secondary N) is 1. The molecule has 0 spiro atoms. The van der Waals surface area contributed by atoms with E-state index in [4.69, 9.17) is 0 Å². The minimum Gasteiger partial charge on any atom is -0.355 e. The summed E-state index contributed by atoms with van der Waals surface area (Å²) >= 11 is 1.74. The summed E-state index contributed by atoms with van der Waals surface area (Å²) in [5.74, 6) is 2.06. The second kappa shape index (κ2) is 9.84. The number of hydrogen-bond donors (Lipinski definition) is 1. The molecule has 0 aliphatic carbocycles. The standard InChI is InChI=1S/C17H25F3N4O2S2/c1-21-16(22-7-12-28(25,26)24-8-10-27-11-9-24)23(2)13-14-3-5-15(6-4-14)17(18,19)20/h3-6H,7-13H2,1-2H3,(H,21,22). The van der Waals surface area contributed by atoms with Crippen LogP contribution in [-0.4, -0.2) is 74.6 Å². The summed E-state index contributed by atoms with van der Waals surface area (Å²) in [5, 5.41) is 3.01. The van der Waals surface area contributed by atoms with Gasteiger partial charge in [0.1, 0.15) is 0 Å². The van der Waals surface area contributed by atoms with Gasteiger partial charge in [0.15, 0.2) is 5.96 Å². The Morgan fingerprint density at radius 3 is 2.39 bits per heavy atom. The molecular formula is C17H25F3N4O2S2. The van der Waals surface area contributed by atoms with E-state index in [0.29, 0.717) is 31.2 Å². The Balaban J connectivity index is 1.87. The SMILES string of the molecule is CN=C(NCCS(=O)(=O)N1CCSCC1)N(C)Cc1ccc(C(F)(F)F)cc1. The van der Waals surface area contributed by atoms with Crippen LogP contribution >= 0.6 is 11.8 Å². The Morgan fingerprint density at radius 1 is 1.25 bits per heavy atom. The molecule has 1 fully saturated rings. The van der Waals surface area contributed by atoms with Gasteiger partial charge in [0.2, 0.25) is 10.0 Å². The number of aliphatic imine (C=N–C) groups is 1. The van der Waals surface area contributed by atoms with Crippen LogP contribution in [-0.2, 0) is 22.7 Å². The number of alkyl halides is 3. The predicted octanol–water partition coefficient (Wildman–Crippen LogP) is 2.09. The summed E-state index contributed by atoms with van der Waals surface area (Å²) in [6, 6.07) is 4.93. The summed E-state index contributed by atoms with van der Waals surface area (Å²) in [6.45, 7) is 1.62. The molecule has 11 heteroatoms. The number of sulfonamides is 1. The van der Waals surface area contributed by atoms with Gasteiger partial charge in [0, 0.05) is 51.8 Å². The Morgan fingerprint density at radius 2 is 1.86 bits per heavy atom. The summed E-state index contributed by atoms with van der Waals surface area (Å²) in [4.78, 5) is 5.84. The summed E-state index contributed by atoms with van der Waals surface area (Å²) in [5.41, 5.74) is -0.000354. The van der Waals surface area contributed by atoms with Crippen LogP contribution in [0.3, 0.4) is 0 Å². The number of guanidine groups is 1. The van der Waals surface area contributed by atoms with Crippen molar-refractivity contribution in [3.8, 4) is 0 Å². The Bertz CT molecular complexity index is 762. The average Bonchev–Trinajstić information content (AvgIpc) is 2.65. The second-order valence-corrected chi connectivity index (χ2v) is 9.67. The number of benzene rings is 1. The second-order valence-electron chi connectivity index (χ2n) is 6.35. The van der Waals surface area contributed by atoms with Crippen molar-refractivity contribution in [1.82, 2.24) is 14.5 Å².